The number of likely N-dealkylation sites (N-methyl/N-ethyl adjacent to an activating group) is 1. The van der Waals surface area contributed by atoms with Crippen molar-refractivity contribution in [2.24, 2.45) is 0 Å². The van der Waals surface area contributed by atoms with Gasteiger partial charge in [-0.25, -0.2) is 4.57 Å². The zero-order valence-corrected chi connectivity index (χ0v) is 35.3. The first-order valence-corrected chi connectivity index (χ1v) is 22.8. The van der Waals surface area contributed by atoms with E-state index in [2.05, 4.69) is 50.3 Å². The Kier molecular flexibility index (Phi) is 37.2. The predicted molar refractivity (Wildman–Crippen MR) is 220 cm³/mol. The molecule has 2 atom stereocenters. The maximum absolute atomic E-state index is 12.6. The maximum atomic E-state index is 12.6. The Balaban J connectivity index is 4.25. The molecule has 0 saturated carbocycles. The lowest BCUT2D eigenvalue weighted by Gasteiger charge is -2.20. The van der Waals surface area contributed by atoms with Crippen molar-refractivity contribution in [3.05, 3.63) is 36.5 Å². The molecular formula is C43H80NO8P. The average molecular weight is 770 g/mol. The highest BCUT2D eigenvalue weighted by Crippen LogP contribution is 2.43. The normalized spacial score (nSPS) is 13.8. The van der Waals surface area contributed by atoms with Crippen LogP contribution in [-0.2, 0) is 32.7 Å². The monoisotopic (exact) mass is 770 g/mol. The number of phosphoric ester groups is 1. The molecule has 10 heteroatoms. The minimum Gasteiger partial charge on any atom is -0.462 e. The lowest BCUT2D eigenvalue weighted by molar-refractivity contribution is -0.161. The van der Waals surface area contributed by atoms with E-state index in [-0.39, 0.29) is 32.0 Å². The number of hydrogen-bond donors (Lipinski definition) is 1. The van der Waals surface area contributed by atoms with Crippen molar-refractivity contribution in [1.82, 2.24) is 4.90 Å². The maximum Gasteiger partial charge on any atom is 0.472 e. The minimum absolute atomic E-state index is 0.00490. The van der Waals surface area contributed by atoms with Gasteiger partial charge >= 0.3 is 19.8 Å². The number of hydrogen-bond acceptors (Lipinski definition) is 8. The molecule has 0 fully saturated rings. The highest BCUT2D eigenvalue weighted by molar-refractivity contribution is 7.47. The molecule has 0 aromatic heterocycles. The van der Waals surface area contributed by atoms with Gasteiger partial charge in [0.05, 0.1) is 13.2 Å². The smallest absolute Gasteiger partial charge is 0.462 e. The summed E-state index contributed by atoms with van der Waals surface area (Å²) in [7, 11) is -0.717. The van der Waals surface area contributed by atoms with Crippen LogP contribution in [0.4, 0.5) is 0 Å². The fourth-order valence-corrected chi connectivity index (χ4v) is 6.32. The number of ether oxygens (including phenoxy) is 2. The van der Waals surface area contributed by atoms with Gasteiger partial charge in [-0.15, -0.1) is 0 Å². The zero-order chi connectivity index (χ0) is 39.1. The van der Waals surface area contributed by atoms with E-state index in [1.807, 2.05) is 19.0 Å². The van der Waals surface area contributed by atoms with Gasteiger partial charge < -0.3 is 19.3 Å². The van der Waals surface area contributed by atoms with Gasteiger partial charge in [0.15, 0.2) is 6.10 Å². The minimum atomic E-state index is -4.36. The first-order chi connectivity index (χ1) is 25.7. The lowest BCUT2D eigenvalue weighted by Crippen LogP contribution is -2.29. The van der Waals surface area contributed by atoms with Gasteiger partial charge in [0.2, 0.25) is 0 Å². The summed E-state index contributed by atoms with van der Waals surface area (Å²) in [5.74, 6) is -0.819. The van der Waals surface area contributed by atoms with Crippen LogP contribution in [0.5, 0.6) is 0 Å². The average Bonchev–Trinajstić information content (AvgIpc) is 3.12. The van der Waals surface area contributed by atoms with Crippen molar-refractivity contribution < 1.29 is 37.6 Å². The van der Waals surface area contributed by atoms with Gasteiger partial charge in [0.25, 0.3) is 0 Å². The third-order valence-corrected chi connectivity index (χ3v) is 9.90. The van der Waals surface area contributed by atoms with Crippen LogP contribution in [0.25, 0.3) is 0 Å². The molecule has 0 aliphatic rings. The van der Waals surface area contributed by atoms with Crippen molar-refractivity contribution in [3.8, 4) is 0 Å². The number of unbranched alkanes of at least 4 members (excludes halogenated alkanes) is 19. The van der Waals surface area contributed by atoms with Crippen LogP contribution in [-0.4, -0.2) is 68.3 Å². The van der Waals surface area contributed by atoms with Crippen molar-refractivity contribution in [2.45, 2.75) is 187 Å². The Bertz CT molecular complexity index is 983. The molecule has 0 aliphatic heterocycles. The van der Waals surface area contributed by atoms with Crippen molar-refractivity contribution >= 4 is 19.8 Å². The summed E-state index contributed by atoms with van der Waals surface area (Å²) in [5, 5.41) is 0. The second kappa shape index (κ2) is 38.5. The van der Waals surface area contributed by atoms with Crippen LogP contribution >= 0.6 is 7.82 Å². The third kappa shape index (κ3) is 39.7. The van der Waals surface area contributed by atoms with E-state index in [0.717, 1.165) is 64.2 Å². The summed E-state index contributed by atoms with van der Waals surface area (Å²) in [6.07, 6.45) is 40.5. The molecule has 0 heterocycles. The highest BCUT2D eigenvalue weighted by Gasteiger charge is 2.26. The molecule has 0 aromatic carbocycles. The van der Waals surface area contributed by atoms with Gasteiger partial charge in [-0.05, 0) is 78.3 Å². The Morgan fingerprint density at radius 1 is 0.585 bits per heavy atom. The lowest BCUT2D eigenvalue weighted by atomic mass is 10.1. The van der Waals surface area contributed by atoms with Crippen LogP contribution in [0.3, 0.4) is 0 Å². The Labute approximate surface area is 325 Å². The number of carbonyl (C=O) groups excluding carboxylic acids is 2. The zero-order valence-electron chi connectivity index (χ0n) is 34.5. The van der Waals surface area contributed by atoms with Crippen LogP contribution in [0.2, 0.25) is 0 Å². The van der Waals surface area contributed by atoms with Gasteiger partial charge in [-0.1, -0.05) is 140 Å². The van der Waals surface area contributed by atoms with Crippen LogP contribution in [0.1, 0.15) is 181 Å². The van der Waals surface area contributed by atoms with E-state index in [4.69, 9.17) is 18.5 Å². The molecule has 0 amide bonds. The number of phosphoric acid groups is 1. The molecule has 0 spiro atoms. The summed E-state index contributed by atoms with van der Waals surface area (Å²) in [5.41, 5.74) is 0. The molecule has 310 valence electrons. The van der Waals surface area contributed by atoms with Gasteiger partial charge in [0, 0.05) is 19.4 Å². The quantitative estimate of drug-likeness (QED) is 0.0282. The topological polar surface area (TPSA) is 112 Å². The predicted octanol–water partition coefficient (Wildman–Crippen LogP) is 12.0. The molecule has 0 aromatic rings. The molecule has 0 bridgehead atoms. The van der Waals surface area contributed by atoms with Crippen molar-refractivity contribution in [1.29, 1.82) is 0 Å². The van der Waals surface area contributed by atoms with E-state index >= 15 is 0 Å². The third-order valence-electron chi connectivity index (χ3n) is 8.92. The van der Waals surface area contributed by atoms with Crippen molar-refractivity contribution in [3.63, 3.8) is 0 Å². The molecule has 0 radical (unpaired) electrons. The fraction of sp³-hybridized carbons (Fsp3) is 0.814. The largest absolute Gasteiger partial charge is 0.472 e. The molecule has 1 N–H and O–H groups in total. The fourth-order valence-electron chi connectivity index (χ4n) is 5.58. The van der Waals surface area contributed by atoms with Crippen LogP contribution < -0.4 is 0 Å². The Morgan fingerprint density at radius 2 is 1.04 bits per heavy atom. The van der Waals surface area contributed by atoms with Gasteiger partial charge in [-0.2, -0.15) is 0 Å². The van der Waals surface area contributed by atoms with Crippen molar-refractivity contribution in [2.75, 3.05) is 40.5 Å². The molecule has 0 aliphatic carbocycles. The van der Waals surface area contributed by atoms with Crippen LogP contribution in [0, 0.1) is 0 Å². The van der Waals surface area contributed by atoms with Gasteiger partial charge in [-0.3, -0.25) is 18.6 Å². The summed E-state index contributed by atoms with van der Waals surface area (Å²) in [4.78, 5) is 36.9. The Hall–Kier alpha value is -1.77. The molecule has 2 unspecified atom stereocenters. The molecule has 9 nitrogen and oxygen atoms in total. The first kappa shape index (κ1) is 51.2. The number of esters is 2. The first-order valence-electron chi connectivity index (χ1n) is 21.3. The van der Waals surface area contributed by atoms with E-state index in [9.17, 15) is 19.0 Å². The summed E-state index contributed by atoms with van der Waals surface area (Å²) < 4.78 is 33.4. The van der Waals surface area contributed by atoms with E-state index in [1.165, 1.54) is 83.5 Å². The van der Waals surface area contributed by atoms with Gasteiger partial charge in [0.1, 0.15) is 6.61 Å². The summed E-state index contributed by atoms with van der Waals surface area (Å²) in [6.45, 7) is 4.24. The van der Waals surface area contributed by atoms with E-state index in [1.54, 1.807) is 0 Å². The van der Waals surface area contributed by atoms with E-state index < -0.39 is 26.5 Å². The number of rotatable bonds is 39. The second-order valence-corrected chi connectivity index (χ2v) is 16.0. The standard InChI is InChI=1S/C43H80NO8P/c1-5-7-9-11-13-15-17-18-19-20-21-22-23-24-26-27-29-31-33-35-42(45)49-39-41(40-51-53(47,48)50-38-37-44(3)4)52-43(46)36-34-32-30-28-25-16-14-12-10-8-6-2/h12-15,18-19,41H,5-11,16-17,20-40H2,1-4H3,(H,47,48)/b14-12-,15-13-,19-18-. The number of nitrogens with zero attached hydrogens (tertiary/aromatic N) is 1. The number of allylic oxidation sites excluding steroid dienone is 6. The summed E-state index contributed by atoms with van der Waals surface area (Å²) >= 11 is 0. The Morgan fingerprint density at radius 3 is 1.57 bits per heavy atom. The molecular weight excluding hydrogens is 689 g/mol. The SMILES string of the molecule is CCCC/C=C\CCCCCCCC(=O)OC(COC(=O)CCCCCCCCCCC/C=C\C/C=C\CCCCC)COP(=O)(O)OCCN(C)C. The molecule has 53 heavy (non-hydrogen) atoms. The second-order valence-electron chi connectivity index (χ2n) is 14.5. The molecule has 0 rings (SSSR count). The van der Waals surface area contributed by atoms with E-state index in [0.29, 0.717) is 13.0 Å². The highest BCUT2D eigenvalue weighted by atomic mass is 31.2. The number of carbonyl (C=O) groups is 2. The summed E-state index contributed by atoms with van der Waals surface area (Å²) in [6, 6.07) is 0. The van der Waals surface area contributed by atoms with Crippen LogP contribution in [0.15, 0.2) is 36.5 Å². The molecule has 0 saturated heterocycles.